The number of esters is 4. The highest BCUT2D eigenvalue weighted by molar-refractivity contribution is 6.69. The Kier molecular flexibility index (Phi) is 17.7. The molecule has 0 aliphatic rings. The van der Waals surface area contributed by atoms with Crippen molar-refractivity contribution in [3.63, 3.8) is 0 Å². The van der Waals surface area contributed by atoms with Gasteiger partial charge in [0.1, 0.15) is 26.4 Å². The molecule has 17 heteroatoms. The van der Waals surface area contributed by atoms with Gasteiger partial charge in [0.05, 0.1) is 46.3 Å². The fourth-order valence-corrected chi connectivity index (χ4v) is 6.52. The Morgan fingerprint density at radius 2 is 0.557 bits per heavy atom. The van der Waals surface area contributed by atoms with Crippen molar-refractivity contribution < 1.29 is 62.0 Å². The molecule has 0 aromatic heterocycles. The van der Waals surface area contributed by atoms with Gasteiger partial charge < -0.3 is 23.7 Å². The summed E-state index contributed by atoms with van der Waals surface area (Å²) in [6.07, 6.45) is 0.296. The molecule has 13 nitrogen and oxygen atoms in total. The highest BCUT2D eigenvalue weighted by Crippen LogP contribution is 2.31. The molecule has 0 spiro atoms. The quantitative estimate of drug-likeness (QED) is 0.0415. The van der Waals surface area contributed by atoms with Gasteiger partial charge in [-0.3, -0.25) is 19.2 Å². The molecule has 0 atom stereocenters. The summed E-state index contributed by atoms with van der Waals surface area (Å²) in [4.78, 5) is 102. The first-order valence-corrected chi connectivity index (χ1v) is 20.0. The summed E-state index contributed by atoms with van der Waals surface area (Å²) in [5.41, 5.74) is -3.51. The Hall–Kier alpha value is -5.44. The molecule has 4 aromatic carbocycles. The smallest absolute Gasteiger partial charge is 0.338 e. The zero-order valence-electron chi connectivity index (χ0n) is 32.7. The largest absolute Gasteiger partial charge is 0.461 e. The summed E-state index contributed by atoms with van der Waals surface area (Å²) in [5.74, 6) is -3.67. The van der Waals surface area contributed by atoms with E-state index in [2.05, 4.69) is 0 Å². The second kappa shape index (κ2) is 22.4. The number of benzene rings is 4. The first kappa shape index (κ1) is 48.2. The van der Waals surface area contributed by atoms with Gasteiger partial charge >= 0.3 is 23.9 Å². The zero-order chi connectivity index (χ0) is 44.7. The third-order valence-corrected chi connectivity index (χ3v) is 10.6. The van der Waals surface area contributed by atoms with Crippen molar-refractivity contribution in [3.8, 4) is 0 Å². The van der Waals surface area contributed by atoms with Crippen LogP contribution in [0, 0.1) is 10.8 Å². The lowest BCUT2D eigenvalue weighted by Gasteiger charge is -2.35. The number of rotatable bonds is 22. The van der Waals surface area contributed by atoms with Gasteiger partial charge in [-0.2, -0.15) is 0 Å². The number of halogens is 4. The van der Waals surface area contributed by atoms with E-state index in [4.69, 9.17) is 70.1 Å². The molecular formula is C44H38Cl4O13. The summed E-state index contributed by atoms with van der Waals surface area (Å²) in [6.45, 7) is 1.06. The summed E-state index contributed by atoms with van der Waals surface area (Å²) in [5, 5.41) is -3.59. The van der Waals surface area contributed by atoms with Crippen molar-refractivity contribution in [1.29, 1.82) is 0 Å². The molecule has 4 rings (SSSR count). The Balaban J connectivity index is 1.65. The topological polar surface area (TPSA) is 183 Å². The second-order valence-electron chi connectivity index (χ2n) is 13.8. The Morgan fingerprint density at radius 3 is 0.738 bits per heavy atom. The number of hydrogen-bond acceptors (Lipinski definition) is 13. The van der Waals surface area contributed by atoms with Gasteiger partial charge in [0.15, 0.2) is 0 Å². The lowest BCUT2D eigenvalue weighted by atomic mass is 9.86. The molecule has 0 unspecified atom stereocenters. The predicted molar refractivity (Wildman–Crippen MR) is 224 cm³/mol. The van der Waals surface area contributed by atoms with Crippen molar-refractivity contribution in [2.45, 2.75) is 26.7 Å². The maximum Gasteiger partial charge on any atom is 0.338 e. The molecule has 0 fully saturated rings. The van der Waals surface area contributed by atoms with E-state index in [-0.39, 0.29) is 70.6 Å². The number of carbonyl (C=O) groups excluding carboxylic acids is 8. The van der Waals surface area contributed by atoms with Crippen molar-refractivity contribution in [1.82, 2.24) is 0 Å². The van der Waals surface area contributed by atoms with Crippen LogP contribution < -0.4 is 0 Å². The third-order valence-electron chi connectivity index (χ3n) is 9.79. The molecule has 0 amide bonds. The van der Waals surface area contributed by atoms with Crippen LogP contribution in [0.1, 0.15) is 110 Å². The SMILES string of the molecule is CCC(COCC(CC)(COC(=O)c1ccccc1C(=O)Cl)COC(=O)c1ccccc1C(=O)Cl)(COC(=O)c1ccccc1C(=O)Cl)COC(=O)c1ccccc1C(=O)Cl. The summed E-state index contributed by atoms with van der Waals surface area (Å²) in [7, 11) is 0. The van der Waals surface area contributed by atoms with E-state index < -0.39 is 82.1 Å². The molecule has 4 aromatic rings. The monoisotopic (exact) mass is 914 g/mol. The van der Waals surface area contributed by atoms with E-state index in [1.165, 1.54) is 97.1 Å². The highest BCUT2D eigenvalue weighted by atomic mass is 35.5. The minimum Gasteiger partial charge on any atom is -0.461 e. The summed E-state index contributed by atoms with van der Waals surface area (Å²) >= 11 is 22.9. The van der Waals surface area contributed by atoms with E-state index in [1.807, 2.05) is 0 Å². The highest BCUT2D eigenvalue weighted by Gasteiger charge is 2.38. The third kappa shape index (κ3) is 12.8. The van der Waals surface area contributed by atoms with E-state index in [1.54, 1.807) is 13.8 Å². The van der Waals surface area contributed by atoms with Gasteiger partial charge in [0.2, 0.25) is 0 Å². The fourth-order valence-electron chi connectivity index (χ4n) is 5.86. The lowest BCUT2D eigenvalue weighted by molar-refractivity contribution is -0.0877. The average molecular weight is 917 g/mol. The normalized spacial score (nSPS) is 11.2. The molecule has 0 N–H and O–H groups in total. The van der Waals surface area contributed by atoms with Crippen LogP contribution >= 0.6 is 46.4 Å². The van der Waals surface area contributed by atoms with Crippen LogP contribution in [0.2, 0.25) is 0 Å². The van der Waals surface area contributed by atoms with Crippen molar-refractivity contribution in [2.24, 2.45) is 10.8 Å². The number of carbonyl (C=O) groups is 8. The Morgan fingerprint density at radius 1 is 0.361 bits per heavy atom. The van der Waals surface area contributed by atoms with Crippen molar-refractivity contribution >= 4 is 91.3 Å². The van der Waals surface area contributed by atoms with Crippen LogP contribution in [0.4, 0.5) is 0 Å². The van der Waals surface area contributed by atoms with Crippen LogP contribution in [0.3, 0.4) is 0 Å². The van der Waals surface area contributed by atoms with Gasteiger partial charge in [-0.1, -0.05) is 62.4 Å². The Bertz CT molecular complexity index is 2000. The van der Waals surface area contributed by atoms with Crippen molar-refractivity contribution in [3.05, 3.63) is 142 Å². The van der Waals surface area contributed by atoms with Gasteiger partial charge in [-0.05, 0) is 108 Å². The minimum atomic E-state index is -1.31. The second-order valence-corrected chi connectivity index (χ2v) is 15.2. The average Bonchev–Trinajstić information content (AvgIpc) is 3.27. The van der Waals surface area contributed by atoms with E-state index >= 15 is 0 Å². The van der Waals surface area contributed by atoms with Gasteiger partial charge in [0.25, 0.3) is 21.0 Å². The summed E-state index contributed by atoms with van der Waals surface area (Å²) < 4.78 is 29.0. The standard InChI is InChI=1S/C44H38Cl4O13/c1-3-43(23-58-39(53)31-17-9-5-13-27(31)35(45)49,24-59-40(54)32-18-10-6-14-28(32)36(46)50)21-57-22-44(4-2,25-60-41(55)33-19-11-7-15-29(33)37(47)51)26-61-42(56)34-20-12-8-16-30(34)38(48)52/h5-20H,3-4,21-26H2,1-2H3. The van der Waals surface area contributed by atoms with E-state index in [0.717, 1.165) is 0 Å². The van der Waals surface area contributed by atoms with E-state index in [9.17, 15) is 38.4 Å². The predicted octanol–water partition coefficient (Wildman–Crippen LogP) is 8.74. The van der Waals surface area contributed by atoms with Crippen molar-refractivity contribution in [2.75, 3.05) is 39.6 Å². The molecule has 0 aliphatic carbocycles. The minimum absolute atomic E-state index is 0.103. The maximum atomic E-state index is 13.4. The molecule has 0 heterocycles. The van der Waals surface area contributed by atoms with Crippen LogP contribution in [-0.2, 0) is 23.7 Å². The molecule has 61 heavy (non-hydrogen) atoms. The van der Waals surface area contributed by atoms with Crippen LogP contribution in [0.5, 0.6) is 0 Å². The van der Waals surface area contributed by atoms with Gasteiger partial charge in [-0.15, -0.1) is 0 Å². The fraction of sp³-hybridized carbons (Fsp3) is 0.273. The molecule has 0 bridgehead atoms. The first-order chi connectivity index (χ1) is 29.1. The number of ether oxygens (including phenoxy) is 5. The maximum absolute atomic E-state index is 13.4. The molecule has 0 saturated heterocycles. The zero-order valence-corrected chi connectivity index (χ0v) is 35.7. The molecular weight excluding hydrogens is 878 g/mol. The van der Waals surface area contributed by atoms with Crippen LogP contribution in [-0.4, -0.2) is 84.5 Å². The molecule has 320 valence electrons. The molecule has 0 radical (unpaired) electrons. The molecule has 0 saturated carbocycles. The van der Waals surface area contributed by atoms with Gasteiger partial charge in [-0.25, -0.2) is 19.2 Å². The lowest BCUT2D eigenvalue weighted by Crippen LogP contribution is -2.42. The van der Waals surface area contributed by atoms with Gasteiger partial charge in [0, 0.05) is 22.3 Å². The first-order valence-electron chi connectivity index (χ1n) is 18.5. The van der Waals surface area contributed by atoms with Crippen LogP contribution in [0.25, 0.3) is 0 Å². The van der Waals surface area contributed by atoms with Crippen LogP contribution in [0.15, 0.2) is 97.1 Å². The number of hydrogen-bond donors (Lipinski definition) is 0. The summed E-state index contributed by atoms with van der Waals surface area (Å²) in [6, 6.07) is 22.9. The molecule has 0 aliphatic heterocycles. The Labute approximate surface area is 370 Å². The van der Waals surface area contributed by atoms with E-state index in [0.29, 0.717) is 0 Å².